The largest absolute Gasteiger partial charge is 0.416 e. The second-order valence-corrected chi connectivity index (χ2v) is 49.4. The molecule has 0 saturated heterocycles. The third-order valence-corrected chi connectivity index (χ3v) is 41.6. The molecule has 2 atom stereocenters. The number of fused-ring (bicyclic) bond motifs is 8. The number of benzene rings is 16. The summed E-state index contributed by atoms with van der Waals surface area (Å²) in [7, 11) is 0.545. The zero-order valence-corrected chi connectivity index (χ0v) is 91.5. The van der Waals surface area contributed by atoms with Crippen molar-refractivity contribution < 1.29 is 57.9 Å². The predicted molar refractivity (Wildman–Crippen MR) is 599 cm³/mol. The number of rotatable bonds is 6. The molecule has 4 aliphatic heterocycles. The van der Waals surface area contributed by atoms with E-state index in [1.807, 2.05) is 184 Å². The van der Waals surface area contributed by atoms with Crippen molar-refractivity contribution in [2.75, 3.05) is 20.8 Å². The van der Waals surface area contributed by atoms with E-state index in [0.717, 1.165) is 98.4 Å². The number of imide groups is 2. The van der Waals surface area contributed by atoms with Crippen LogP contribution in [0.4, 0.5) is 26.3 Å². The first-order chi connectivity index (χ1) is 68.7. The minimum Gasteiger partial charge on any atom is -0.314 e. The molecule has 5 heterocycles. The zero-order chi connectivity index (χ0) is 105. The minimum atomic E-state index is -4.23. The fourth-order valence-electron chi connectivity index (χ4n) is 17.6. The average molecular weight is 2130 g/mol. The van der Waals surface area contributed by atoms with E-state index in [9.17, 15) is 53.2 Å². The van der Waals surface area contributed by atoms with Crippen molar-refractivity contribution in [3.63, 3.8) is 0 Å². The van der Waals surface area contributed by atoms with Crippen molar-refractivity contribution in [2.24, 2.45) is 0 Å². The van der Waals surface area contributed by atoms with Crippen LogP contribution in [0.2, 0.25) is 0 Å². The van der Waals surface area contributed by atoms with Crippen LogP contribution in [0.3, 0.4) is 0 Å². The first-order valence-electron chi connectivity index (χ1n) is 47.6. The minimum absolute atomic E-state index is 0.188. The Morgan fingerprint density at radius 2 is 0.869 bits per heavy atom. The standard InChI is InChI=1S/C22H20.C21H19IO2.C16H19OP.C16H16S.C14H12S2.C13H9NO2.C11H11NO2.C10H11F3.C2H3F3/c1-17-10-6-8-14-20(17)16-22(19-12-4-3-5-13-19)21-15-9-7-11-18(21)2;1-14-13-19-21(16(3)15(14)2)24-20-12-8-7-11-18(20)22(19,23)17-9-5-4-6-10-17;1-12-10-11-16(14(3)13(12)2)18(4,17)15-8-6-5-7-9-15;1-9-10(2)12(4)16-15(11(9)3)13-7-5-6-8-14(13)17-16;1-9-7-8-13-14(10(9)2)16-12-6-4-3-5-11(12)15-13;1-14-12(15)9-6-2-4-8-5-3-7-10(11(8)9)13(14)16;1-6-4-5-8-9(7(6)2)11(14)12(3)10(8)13;1-6-4-5-9(10(11,12)13)8(3)7(6)2;1-2(3,4)5/h3-16H,1-2H3;4-13H,1-3H3;5-11H,1-4H3;5-8H,1-4H3;3-8H,1-2H3;2-7H,1H3;4-5H,1-3H3;4-5H,1-3H3;1H3/b22-16+;;;;;;;;. The van der Waals surface area contributed by atoms with E-state index >= 15 is 0 Å². The number of carbonyl (C=O) groups is 4. The summed E-state index contributed by atoms with van der Waals surface area (Å²) < 4.78 is 107. The number of amides is 4. The molecular weight excluding hydrogens is 2010 g/mol. The second kappa shape index (κ2) is 46.1. The van der Waals surface area contributed by atoms with Crippen molar-refractivity contribution >= 4 is 137 Å². The molecule has 9 nitrogen and oxygen atoms in total. The van der Waals surface area contributed by atoms with E-state index in [-0.39, 0.29) is 30.6 Å². The van der Waals surface area contributed by atoms with Crippen molar-refractivity contribution in [1.29, 1.82) is 0 Å². The van der Waals surface area contributed by atoms with Crippen LogP contribution >= 0.6 is 60.4 Å². The molecule has 2 unspecified atom stereocenters. The van der Waals surface area contributed by atoms with E-state index in [1.165, 1.54) is 150 Å². The van der Waals surface area contributed by atoms with Gasteiger partial charge in [-0.2, -0.15) is 26.3 Å². The maximum Gasteiger partial charge on any atom is 0.416 e. The molecule has 0 N–H and O–H groups in total. The van der Waals surface area contributed by atoms with Crippen molar-refractivity contribution in [3.8, 4) is 11.5 Å². The molecule has 21 rings (SSSR count). The van der Waals surface area contributed by atoms with E-state index < -0.39 is 43.5 Å². The van der Waals surface area contributed by atoms with Gasteiger partial charge in [-0.15, -0.1) is 11.3 Å². The number of para-hydroxylation sites is 1. The Hall–Kier alpha value is -13.1. The van der Waals surface area contributed by atoms with Crippen LogP contribution in [-0.2, 0) is 13.8 Å². The number of hydrogen-bond acceptors (Lipinski definition) is 10. The van der Waals surface area contributed by atoms with Crippen LogP contribution in [0.5, 0.6) is 11.5 Å². The maximum absolute atomic E-state index is 14.5. The fourth-order valence-corrected chi connectivity index (χ4v) is 30.9. The van der Waals surface area contributed by atoms with Gasteiger partial charge in [0.25, 0.3) is 23.6 Å². The topological polar surface area (TPSA) is 118 Å². The summed E-state index contributed by atoms with van der Waals surface area (Å²) in [5.74, 6) is 0.668. The number of carbonyl (C=O) groups excluding carboxylic acids is 4. The molecule has 1 aromatic heterocycles. The van der Waals surface area contributed by atoms with E-state index in [1.54, 1.807) is 25.1 Å². The molecule has 744 valence electrons. The molecule has 0 bridgehead atoms. The van der Waals surface area contributed by atoms with Gasteiger partial charge in [0.05, 0.1) is 16.7 Å². The van der Waals surface area contributed by atoms with E-state index in [4.69, 9.17) is 4.74 Å². The van der Waals surface area contributed by atoms with Gasteiger partial charge in [0.15, 0.2) is 0 Å². The molecular formula is C125H120F6IN2O7PS3. The molecule has 0 radical (unpaired) electrons. The Kier molecular flexibility index (Phi) is 34.7. The first kappa shape index (κ1) is 109. The molecule has 20 heteroatoms. The average Bonchev–Trinajstić information content (AvgIpc) is 1.12. The van der Waals surface area contributed by atoms with Crippen LogP contribution in [0, 0.1) is 142 Å². The number of aryl methyl sites for hydroxylation is 9. The van der Waals surface area contributed by atoms with Crippen LogP contribution in [0.25, 0.3) is 42.6 Å². The molecule has 0 aliphatic carbocycles. The maximum atomic E-state index is 14.5. The van der Waals surface area contributed by atoms with Gasteiger partial charge in [0.2, 0.25) is 0 Å². The van der Waals surface area contributed by atoms with Gasteiger partial charge in [-0.3, -0.25) is 29.0 Å². The molecule has 0 saturated carbocycles. The van der Waals surface area contributed by atoms with Crippen LogP contribution in [-0.4, -0.2) is 60.4 Å². The first-order valence-corrected chi connectivity index (χ1v) is 56.3. The molecule has 145 heavy (non-hydrogen) atoms. The summed E-state index contributed by atoms with van der Waals surface area (Å²) in [4.78, 5) is 55.0. The van der Waals surface area contributed by atoms with Crippen LogP contribution in [0.15, 0.2) is 323 Å². The van der Waals surface area contributed by atoms with Crippen LogP contribution in [0.1, 0.15) is 176 Å². The molecule has 0 fully saturated rings. The normalized spacial score (nSPS) is 14.3. The number of alkyl halides is 6. The number of nitrogens with zero attached hydrogens (tertiary/aromatic N) is 2. The van der Waals surface area contributed by atoms with E-state index in [2.05, 4.69) is 255 Å². The quantitative estimate of drug-likeness (QED) is 0.0527. The molecule has 16 aromatic carbocycles. The van der Waals surface area contributed by atoms with Gasteiger partial charge in [-0.1, -0.05) is 218 Å². The SMILES string of the molecule is CC(F)(F)F.CN1C(=O)c2cccc3cccc(c23)C1=O.Cc1c(C)c(C)c2c(sc3ccccc32)c1C.Cc1cc2c(c(C)c1C)Oc1ccccc1I2(=O)c1ccccc1.Cc1ccc(C(F)(F)F)c(C)c1C.Cc1ccc(P(C)(=O)c2ccccc2)c(C)c1C.Cc1ccc2c(c1C)C(=O)N(C)C2=O.Cc1ccc2c(c1C)Sc1ccccc1S2.Cc1ccccc1/C=C(\c1ccccc1)c1ccccc1C. The van der Waals surface area contributed by atoms with Crippen molar-refractivity contribution in [2.45, 2.75) is 170 Å². The Balaban J connectivity index is 0.000000139. The monoisotopic (exact) mass is 2130 g/mol. The summed E-state index contributed by atoms with van der Waals surface area (Å²) in [5.41, 5.74) is 29.0. The van der Waals surface area contributed by atoms with Gasteiger partial charge < -0.3 is 4.57 Å². The summed E-state index contributed by atoms with van der Waals surface area (Å²) in [6, 6.07) is 100. The van der Waals surface area contributed by atoms with E-state index in [0.29, 0.717) is 27.8 Å². The third-order valence-electron chi connectivity index (χ3n) is 27.5. The molecule has 0 spiro atoms. The van der Waals surface area contributed by atoms with Gasteiger partial charge in [-0.05, 0) is 289 Å². The molecule has 4 aliphatic rings. The smallest absolute Gasteiger partial charge is 0.314 e. The summed E-state index contributed by atoms with van der Waals surface area (Å²) in [5, 5.41) is 6.50. The predicted octanol–water partition coefficient (Wildman–Crippen LogP) is 34.5. The Labute approximate surface area is 864 Å². The van der Waals surface area contributed by atoms with Crippen LogP contribution < -0.4 is 15.3 Å². The fraction of sp³-hybridized carbons (Fsp3) is 0.200. The number of ether oxygens (including phenoxy) is 1. The Morgan fingerprint density at radius 1 is 0.386 bits per heavy atom. The second-order valence-electron chi connectivity index (χ2n) is 36.8. The third kappa shape index (κ3) is 23.8. The summed E-state index contributed by atoms with van der Waals surface area (Å²) >= 11 is 1.85. The zero-order valence-electron chi connectivity index (χ0n) is 86.0. The summed E-state index contributed by atoms with van der Waals surface area (Å²) in [6.07, 6.45) is -5.93. The summed E-state index contributed by atoms with van der Waals surface area (Å²) in [6.45, 7) is 41.1. The number of halogens is 7. The van der Waals surface area contributed by atoms with Gasteiger partial charge in [0, 0.05) is 87.9 Å². The van der Waals surface area contributed by atoms with Gasteiger partial charge >= 0.3 is 159 Å². The van der Waals surface area contributed by atoms with Gasteiger partial charge in [-0.25, -0.2) is 0 Å². The Morgan fingerprint density at radius 3 is 1.48 bits per heavy atom. The Bertz CT molecular complexity index is 7910. The molecule has 4 amide bonds. The van der Waals surface area contributed by atoms with Gasteiger partial charge in [0.1, 0.15) is 7.14 Å². The molecule has 17 aromatic rings. The van der Waals surface area contributed by atoms with Crippen molar-refractivity contribution in [3.05, 3.63) is 464 Å². The van der Waals surface area contributed by atoms with Crippen molar-refractivity contribution in [1.82, 2.24) is 9.80 Å². The number of hydrogen-bond donors (Lipinski definition) is 0. The number of thiophene rings is 1.